The molecule has 9 nitrogen and oxygen atoms in total. The van der Waals surface area contributed by atoms with Crippen LogP contribution in [0.4, 0.5) is 4.79 Å². The molecule has 31 heavy (non-hydrogen) atoms. The third kappa shape index (κ3) is 7.20. The van der Waals surface area contributed by atoms with Gasteiger partial charge in [0.1, 0.15) is 18.8 Å². The van der Waals surface area contributed by atoms with Crippen LogP contribution in [0.2, 0.25) is 0 Å². The highest BCUT2D eigenvalue weighted by Crippen LogP contribution is 2.13. The van der Waals surface area contributed by atoms with Crippen molar-refractivity contribution in [3.05, 3.63) is 48.2 Å². The largest absolute Gasteiger partial charge is 0.467 e. The zero-order chi connectivity index (χ0) is 22.8. The van der Waals surface area contributed by atoms with Crippen LogP contribution in [0, 0.1) is 0 Å². The monoisotopic (exact) mass is 432 g/mol. The molecule has 2 aromatic heterocycles. The first-order chi connectivity index (χ1) is 14.8. The summed E-state index contributed by atoms with van der Waals surface area (Å²) in [7, 11) is 1.92. The summed E-state index contributed by atoms with van der Waals surface area (Å²) in [4.78, 5) is 40.6. The minimum Gasteiger partial charge on any atom is -0.467 e. The molecule has 0 spiro atoms. The van der Waals surface area contributed by atoms with E-state index < -0.39 is 12.0 Å². The highest BCUT2D eigenvalue weighted by atomic mass is 16.5. The Hall–Kier alpha value is -3.23. The van der Waals surface area contributed by atoms with Crippen molar-refractivity contribution >= 4 is 17.9 Å². The van der Waals surface area contributed by atoms with Crippen molar-refractivity contribution in [2.45, 2.75) is 46.3 Å². The van der Waals surface area contributed by atoms with Gasteiger partial charge < -0.3 is 28.8 Å². The van der Waals surface area contributed by atoms with E-state index in [9.17, 15) is 14.4 Å². The normalized spacial score (nSPS) is 11.6. The molecule has 2 rings (SSSR count). The van der Waals surface area contributed by atoms with Crippen molar-refractivity contribution in [3.8, 4) is 0 Å². The number of hydrogen-bond donors (Lipinski definition) is 1. The Balaban J connectivity index is 2.12. The molecule has 0 saturated carbocycles. The van der Waals surface area contributed by atoms with Crippen LogP contribution in [0.25, 0.3) is 0 Å². The van der Waals surface area contributed by atoms with Crippen LogP contribution in [0.5, 0.6) is 0 Å². The Morgan fingerprint density at radius 2 is 1.97 bits per heavy atom. The molecule has 2 heterocycles. The molecule has 170 valence electrons. The van der Waals surface area contributed by atoms with Crippen molar-refractivity contribution in [2.75, 3.05) is 19.7 Å². The molecule has 0 aliphatic carbocycles. The van der Waals surface area contributed by atoms with E-state index >= 15 is 0 Å². The van der Waals surface area contributed by atoms with Gasteiger partial charge in [0, 0.05) is 25.0 Å². The number of amides is 3. The fourth-order valence-electron chi connectivity index (χ4n) is 3.03. The first-order valence-electron chi connectivity index (χ1n) is 10.5. The van der Waals surface area contributed by atoms with Gasteiger partial charge >= 0.3 is 12.0 Å². The highest BCUT2D eigenvalue weighted by Gasteiger charge is 2.26. The van der Waals surface area contributed by atoms with E-state index in [2.05, 4.69) is 5.32 Å². The van der Waals surface area contributed by atoms with Crippen LogP contribution in [0.15, 0.2) is 41.1 Å². The Morgan fingerprint density at radius 1 is 1.19 bits per heavy atom. The summed E-state index contributed by atoms with van der Waals surface area (Å²) in [5, 5.41) is 2.55. The molecular weight excluding hydrogens is 400 g/mol. The van der Waals surface area contributed by atoms with Gasteiger partial charge in [-0.25, -0.2) is 4.79 Å². The van der Waals surface area contributed by atoms with Gasteiger partial charge in [0.15, 0.2) is 0 Å². The summed E-state index contributed by atoms with van der Waals surface area (Å²) in [6.07, 6.45) is 4.14. The number of nitrogens with zero attached hydrogens (tertiary/aromatic N) is 3. The Labute approximate surface area is 182 Å². The molecule has 1 unspecified atom stereocenters. The Kier molecular flexibility index (Phi) is 9.17. The third-order valence-electron chi connectivity index (χ3n) is 5.06. The van der Waals surface area contributed by atoms with Gasteiger partial charge in [-0.05, 0) is 44.5 Å². The topological polar surface area (TPSA) is 97.0 Å². The quantitative estimate of drug-likeness (QED) is 0.551. The molecule has 1 N–H and O–H groups in total. The molecule has 9 heteroatoms. The predicted octanol–water partition coefficient (Wildman–Crippen LogP) is 2.52. The molecule has 0 radical (unpaired) electrons. The summed E-state index contributed by atoms with van der Waals surface area (Å²) in [6, 6.07) is 6.78. The number of nitrogens with one attached hydrogen (secondary N) is 1. The van der Waals surface area contributed by atoms with Gasteiger partial charge in [-0.15, -0.1) is 0 Å². The molecule has 1 atom stereocenters. The smallest absolute Gasteiger partial charge is 0.325 e. The van der Waals surface area contributed by atoms with Gasteiger partial charge in [0.2, 0.25) is 5.91 Å². The molecule has 0 saturated heterocycles. The molecule has 0 bridgehead atoms. The first kappa shape index (κ1) is 24.0. The van der Waals surface area contributed by atoms with Crippen LogP contribution in [-0.4, -0.2) is 58.0 Å². The van der Waals surface area contributed by atoms with E-state index in [1.165, 1.54) is 4.90 Å². The number of hydrogen-bond acceptors (Lipinski definition) is 5. The summed E-state index contributed by atoms with van der Waals surface area (Å²) < 4.78 is 12.2. The highest BCUT2D eigenvalue weighted by molar-refractivity contribution is 5.86. The summed E-state index contributed by atoms with van der Waals surface area (Å²) in [6.45, 7) is 6.05. The fraction of sp³-hybridized carbons (Fsp3) is 0.500. The second kappa shape index (κ2) is 11.8. The van der Waals surface area contributed by atoms with Crippen molar-refractivity contribution in [3.63, 3.8) is 0 Å². The molecular formula is C22H32N4O5. The zero-order valence-electron chi connectivity index (χ0n) is 18.7. The molecule has 2 aromatic rings. The van der Waals surface area contributed by atoms with Gasteiger partial charge in [0.05, 0.1) is 26.0 Å². The maximum atomic E-state index is 13.2. The van der Waals surface area contributed by atoms with Crippen LogP contribution in [0.3, 0.4) is 0 Å². The average molecular weight is 433 g/mol. The van der Waals surface area contributed by atoms with Crippen molar-refractivity contribution in [2.24, 2.45) is 7.05 Å². The SMILES string of the molecule is CCOC(=O)CNC(=O)N(CC(=O)N(Cc1ccco1)Cc1cccn1C)C(C)CC. The predicted molar refractivity (Wildman–Crippen MR) is 115 cm³/mol. The summed E-state index contributed by atoms with van der Waals surface area (Å²) in [5.74, 6) is -0.0805. The molecule has 3 amide bonds. The fourth-order valence-corrected chi connectivity index (χ4v) is 3.03. The van der Waals surface area contributed by atoms with Gasteiger partial charge in [0.25, 0.3) is 0 Å². The lowest BCUT2D eigenvalue weighted by Gasteiger charge is -2.31. The van der Waals surface area contributed by atoms with Crippen LogP contribution in [0.1, 0.15) is 38.6 Å². The lowest BCUT2D eigenvalue weighted by molar-refractivity contribution is -0.141. The number of esters is 1. The number of aromatic nitrogens is 1. The number of carbonyl (C=O) groups excluding carboxylic acids is 3. The number of furan rings is 1. The van der Waals surface area contributed by atoms with Gasteiger partial charge in [-0.1, -0.05) is 6.92 Å². The standard InChI is InChI=1S/C22H32N4O5/c1-5-17(3)26(22(29)23-13-21(28)30-6-2)16-20(27)25(15-19-10-8-12-31-19)14-18-9-7-11-24(18)4/h7-12,17H,5-6,13-16H2,1-4H3,(H,23,29). The average Bonchev–Trinajstić information content (AvgIpc) is 3.41. The zero-order valence-corrected chi connectivity index (χ0v) is 18.7. The number of rotatable bonds is 11. The van der Waals surface area contributed by atoms with Crippen LogP contribution in [-0.2, 0) is 34.5 Å². The molecule has 0 aliphatic heterocycles. The minimum absolute atomic E-state index is 0.116. The van der Waals surface area contributed by atoms with E-state index in [0.29, 0.717) is 18.7 Å². The van der Waals surface area contributed by atoms with Gasteiger partial charge in [-0.3, -0.25) is 9.59 Å². The lowest BCUT2D eigenvalue weighted by atomic mass is 10.2. The molecule has 0 aliphatic rings. The molecule has 0 fully saturated rings. The number of urea groups is 1. The molecule has 0 aromatic carbocycles. The van der Waals surface area contributed by atoms with E-state index in [-0.39, 0.29) is 38.2 Å². The van der Waals surface area contributed by atoms with Crippen LogP contribution >= 0.6 is 0 Å². The second-order valence-electron chi connectivity index (χ2n) is 7.29. The summed E-state index contributed by atoms with van der Waals surface area (Å²) in [5.41, 5.74) is 0.960. The van der Waals surface area contributed by atoms with E-state index in [1.807, 2.05) is 49.9 Å². The lowest BCUT2D eigenvalue weighted by Crippen LogP contribution is -2.51. The first-order valence-corrected chi connectivity index (χ1v) is 10.5. The van der Waals surface area contributed by atoms with Crippen molar-refractivity contribution in [1.29, 1.82) is 0 Å². The van der Waals surface area contributed by atoms with E-state index in [1.54, 1.807) is 24.2 Å². The van der Waals surface area contributed by atoms with E-state index in [0.717, 1.165) is 5.69 Å². The summed E-state index contributed by atoms with van der Waals surface area (Å²) >= 11 is 0. The Morgan fingerprint density at radius 3 is 2.55 bits per heavy atom. The van der Waals surface area contributed by atoms with Crippen molar-refractivity contribution in [1.82, 2.24) is 19.7 Å². The number of ether oxygens (including phenoxy) is 1. The van der Waals surface area contributed by atoms with E-state index in [4.69, 9.17) is 9.15 Å². The number of aryl methyl sites for hydroxylation is 1. The second-order valence-corrected chi connectivity index (χ2v) is 7.29. The maximum absolute atomic E-state index is 13.2. The van der Waals surface area contributed by atoms with Crippen molar-refractivity contribution < 1.29 is 23.5 Å². The van der Waals surface area contributed by atoms with Gasteiger partial charge in [-0.2, -0.15) is 0 Å². The third-order valence-corrected chi connectivity index (χ3v) is 5.06. The maximum Gasteiger partial charge on any atom is 0.325 e. The minimum atomic E-state index is -0.519. The van der Waals surface area contributed by atoms with Crippen LogP contribution < -0.4 is 5.32 Å². The Bertz CT molecular complexity index is 846. The number of carbonyl (C=O) groups is 3.